The third kappa shape index (κ3) is 4.28. The van der Waals surface area contributed by atoms with Gasteiger partial charge in [0.15, 0.2) is 0 Å². The molecule has 1 atom stereocenters. The lowest BCUT2D eigenvalue weighted by atomic mass is 10.1. The minimum atomic E-state index is 0.563. The van der Waals surface area contributed by atoms with Crippen LogP contribution in [0.1, 0.15) is 17.5 Å². The van der Waals surface area contributed by atoms with E-state index in [1.165, 1.54) is 12.0 Å². The van der Waals surface area contributed by atoms with Gasteiger partial charge in [0.25, 0.3) is 0 Å². The second-order valence-corrected chi connectivity index (χ2v) is 6.37. The molecule has 2 aromatic rings. The van der Waals surface area contributed by atoms with Gasteiger partial charge < -0.3 is 15.2 Å². The molecule has 0 bridgehead atoms. The fourth-order valence-electron chi connectivity index (χ4n) is 3.18. The zero-order chi connectivity index (χ0) is 16.8. The topological polar surface area (TPSA) is 47.7 Å². The molecule has 0 unspecified atom stereocenters. The first-order valence-electron chi connectivity index (χ1n) is 8.54. The molecule has 0 aliphatic carbocycles. The highest BCUT2D eigenvalue weighted by molar-refractivity contribution is 5.41. The van der Waals surface area contributed by atoms with Gasteiger partial charge in [-0.1, -0.05) is 36.4 Å². The third-order valence-electron chi connectivity index (χ3n) is 4.60. The van der Waals surface area contributed by atoms with Gasteiger partial charge >= 0.3 is 0 Å². The number of likely N-dealkylation sites (tertiary alicyclic amines) is 1. The van der Waals surface area contributed by atoms with Crippen LogP contribution in [-0.4, -0.2) is 31.6 Å². The molecule has 4 heteroatoms. The second kappa shape index (κ2) is 8.18. The Morgan fingerprint density at radius 3 is 2.71 bits per heavy atom. The zero-order valence-corrected chi connectivity index (χ0v) is 14.3. The Hall–Kier alpha value is -2.04. The van der Waals surface area contributed by atoms with Crippen LogP contribution >= 0.6 is 0 Å². The van der Waals surface area contributed by atoms with Crippen molar-refractivity contribution in [3.8, 4) is 11.5 Å². The molecule has 0 amide bonds. The summed E-state index contributed by atoms with van der Waals surface area (Å²) in [5.74, 6) is 2.35. The minimum Gasteiger partial charge on any atom is -0.496 e. The maximum absolute atomic E-state index is 5.88. The molecule has 0 radical (unpaired) electrons. The van der Waals surface area contributed by atoms with Crippen LogP contribution in [-0.2, 0) is 13.2 Å². The lowest BCUT2D eigenvalue weighted by Crippen LogP contribution is -2.23. The number of nitrogens with zero attached hydrogens (tertiary/aromatic N) is 1. The highest BCUT2D eigenvalue weighted by Crippen LogP contribution is 2.28. The third-order valence-corrected chi connectivity index (χ3v) is 4.60. The normalized spacial score (nSPS) is 17.8. The maximum Gasteiger partial charge on any atom is 0.127 e. The summed E-state index contributed by atoms with van der Waals surface area (Å²) in [5, 5.41) is 0. The van der Waals surface area contributed by atoms with Crippen LogP contribution in [0.2, 0.25) is 0 Å². The predicted octanol–water partition coefficient (Wildman–Crippen LogP) is 3.05. The molecule has 1 saturated heterocycles. The zero-order valence-electron chi connectivity index (χ0n) is 14.3. The second-order valence-electron chi connectivity index (χ2n) is 6.37. The van der Waals surface area contributed by atoms with E-state index in [1.807, 2.05) is 30.3 Å². The highest BCUT2D eigenvalue weighted by atomic mass is 16.5. The molecule has 0 aromatic heterocycles. The van der Waals surface area contributed by atoms with Gasteiger partial charge in [0.1, 0.15) is 18.1 Å². The van der Waals surface area contributed by atoms with Crippen LogP contribution in [0.5, 0.6) is 11.5 Å². The minimum absolute atomic E-state index is 0.563. The van der Waals surface area contributed by atoms with Gasteiger partial charge in [0.2, 0.25) is 0 Å². The standard InChI is InChI=1S/C20H26N2O2/c1-23-20-11-19(24-15-16-5-3-2-4-6-16)8-7-18(20)14-22-10-9-17(12-21)13-22/h2-8,11,17H,9-10,12-15,21H2,1H3/t17-/m0/s1. The molecule has 0 spiro atoms. The summed E-state index contributed by atoms with van der Waals surface area (Å²) < 4.78 is 11.5. The summed E-state index contributed by atoms with van der Waals surface area (Å²) >= 11 is 0. The molecule has 1 aliphatic heterocycles. The number of ether oxygens (including phenoxy) is 2. The predicted molar refractivity (Wildman–Crippen MR) is 96.2 cm³/mol. The highest BCUT2D eigenvalue weighted by Gasteiger charge is 2.22. The fraction of sp³-hybridized carbons (Fsp3) is 0.400. The SMILES string of the molecule is COc1cc(OCc2ccccc2)ccc1CN1CC[C@@H](CN)C1. The van der Waals surface area contributed by atoms with Crippen LogP contribution in [0.4, 0.5) is 0 Å². The monoisotopic (exact) mass is 326 g/mol. The van der Waals surface area contributed by atoms with Crippen molar-refractivity contribution in [2.24, 2.45) is 11.7 Å². The number of nitrogens with two attached hydrogens (primary N) is 1. The van der Waals surface area contributed by atoms with Crippen molar-refractivity contribution in [2.75, 3.05) is 26.7 Å². The van der Waals surface area contributed by atoms with Crippen molar-refractivity contribution in [1.29, 1.82) is 0 Å². The molecule has 3 rings (SSSR count). The average Bonchev–Trinajstić information content (AvgIpc) is 3.09. The van der Waals surface area contributed by atoms with E-state index in [9.17, 15) is 0 Å². The van der Waals surface area contributed by atoms with Crippen molar-refractivity contribution in [1.82, 2.24) is 4.90 Å². The lowest BCUT2D eigenvalue weighted by Gasteiger charge is -2.18. The van der Waals surface area contributed by atoms with Crippen LogP contribution in [0.15, 0.2) is 48.5 Å². The molecule has 1 heterocycles. The number of rotatable bonds is 7. The number of hydrogen-bond acceptors (Lipinski definition) is 4. The Balaban J connectivity index is 1.62. The summed E-state index contributed by atoms with van der Waals surface area (Å²) in [6.07, 6.45) is 1.19. The van der Waals surface area contributed by atoms with Crippen molar-refractivity contribution in [2.45, 2.75) is 19.6 Å². The van der Waals surface area contributed by atoms with E-state index in [2.05, 4.69) is 23.1 Å². The molecule has 24 heavy (non-hydrogen) atoms. The van der Waals surface area contributed by atoms with E-state index >= 15 is 0 Å². The summed E-state index contributed by atoms with van der Waals surface area (Å²) in [6, 6.07) is 16.3. The van der Waals surface area contributed by atoms with E-state index in [0.717, 1.165) is 43.2 Å². The molecule has 0 saturated carbocycles. The van der Waals surface area contributed by atoms with Gasteiger partial charge in [-0.05, 0) is 37.1 Å². The van der Waals surface area contributed by atoms with Gasteiger partial charge in [0, 0.05) is 24.7 Å². The first-order chi connectivity index (χ1) is 11.8. The average molecular weight is 326 g/mol. The Kier molecular flexibility index (Phi) is 5.72. The van der Waals surface area contributed by atoms with Crippen LogP contribution in [0.3, 0.4) is 0 Å². The summed E-state index contributed by atoms with van der Waals surface area (Å²) in [7, 11) is 1.71. The van der Waals surface area contributed by atoms with E-state index in [0.29, 0.717) is 12.5 Å². The Bertz CT molecular complexity index is 645. The first kappa shape index (κ1) is 16.8. The van der Waals surface area contributed by atoms with Gasteiger partial charge in [-0.25, -0.2) is 0 Å². The van der Waals surface area contributed by atoms with Gasteiger partial charge in [0.05, 0.1) is 7.11 Å². The van der Waals surface area contributed by atoms with E-state index in [4.69, 9.17) is 15.2 Å². The van der Waals surface area contributed by atoms with Crippen LogP contribution in [0, 0.1) is 5.92 Å². The summed E-state index contributed by atoms with van der Waals surface area (Å²) in [5.41, 5.74) is 8.13. The molecule has 2 aromatic carbocycles. The Morgan fingerprint density at radius 1 is 1.17 bits per heavy atom. The lowest BCUT2D eigenvalue weighted by molar-refractivity contribution is 0.297. The fourth-order valence-corrected chi connectivity index (χ4v) is 3.18. The maximum atomic E-state index is 5.88. The van der Waals surface area contributed by atoms with Crippen molar-refractivity contribution in [3.05, 3.63) is 59.7 Å². The molecule has 1 aliphatic rings. The molecular weight excluding hydrogens is 300 g/mol. The molecule has 2 N–H and O–H groups in total. The van der Waals surface area contributed by atoms with Crippen molar-refractivity contribution >= 4 is 0 Å². The smallest absolute Gasteiger partial charge is 0.127 e. The van der Waals surface area contributed by atoms with Crippen LogP contribution in [0.25, 0.3) is 0 Å². The van der Waals surface area contributed by atoms with Gasteiger partial charge in [-0.3, -0.25) is 4.90 Å². The van der Waals surface area contributed by atoms with Crippen molar-refractivity contribution in [3.63, 3.8) is 0 Å². The molecule has 128 valence electrons. The van der Waals surface area contributed by atoms with E-state index < -0.39 is 0 Å². The van der Waals surface area contributed by atoms with Crippen LogP contribution < -0.4 is 15.2 Å². The van der Waals surface area contributed by atoms with E-state index in [1.54, 1.807) is 7.11 Å². The first-order valence-corrected chi connectivity index (χ1v) is 8.54. The number of hydrogen-bond donors (Lipinski definition) is 1. The number of benzene rings is 2. The molecular formula is C20H26N2O2. The summed E-state index contributed by atoms with van der Waals surface area (Å²) in [6.45, 7) is 4.43. The van der Waals surface area contributed by atoms with E-state index in [-0.39, 0.29) is 0 Å². The Labute approximate surface area is 144 Å². The van der Waals surface area contributed by atoms with Gasteiger partial charge in [-0.2, -0.15) is 0 Å². The quantitative estimate of drug-likeness (QED) is 0.849. The van der Waals surface area contributed by atoms with Crippen molar-refractivity contribution < 1.29 is 9.47 Å². The summed E-state index contributed by atoms with van der Waals surface area (Å²) in [4.78, 5) is 2.44. The Morgan fingerprint density at radius 2 is 2.00 bits per heavy atom. The van der Waals surface area contributed by atoms with Gasteiger partial charge in [-0.15, -0.1) is 0 Å². The molecule has 4 nitrogen and oxygen atoms in total. The number of methoxy groups -OCH3 is 1. The molecule has 1 fully saturated rings. The largest absolute Gasteiger partial charge is 0.496 e.